The van der Waals surface area contributed by atoms with Gasteiger partial charge in [-0.3, -0.25) is 0 Å². The van der Waals surface area contributed by atoms with Crippen molar-refractivity contribution in [3.8, 4) is 0 Å². The van der Waals surface area contributed by atoms with E-state index in [1.807, 2.05) is 6.07 Å². The van der Waals surface area contributed by atoms with Gasteiger partial charge in [-0.05, 0) is 22.9 Å². The lowest BCUT2D eigenvalue weighted by atomic mass is 10.2. The third kappa shape index (κ3) is 0.820. The summed E-state index contributed by atoms with van der Waals surface area (Å²) in [6.07, 6.45) is 1.60. The van der Waals surface area contributed by atoms with Gasteiger partial charge in [0.05, 0.1) is 10.4 Å². The quantitative estimate of drug-likeness (QED) is 0.589. The molecule has 2 N–H and O–H groups in total. The molecule has 64 valence electrons. The molecule has 3 aromatic rings. The number of anilines is 1. The molecule has 0 radical (unpaired) electrons. The zero-order valence-electron chi connectivity index (χ0n) is 6.78. The van der Waals surface area contributed by atoms with E-state index in [2.05, 4.69) is 17.5 Å². The Morgan fingerprint density at radius 3 is 3.08 bits per heavy atom. The molecule has 2 nitrogen and oxygen atoms in total. The number of nitrogen functional groups attached to an aromatic ring is 1. The number of thiophene rings is 1. The predicted molar refractivity (Wildman–Crippen MR) is 56.0 cm³/mol. The van der Waals surface area contributed by atoms with Crippen LogP contribution in [0.3, 0.4) is 0 Å². The molecule has 1 aromatic carbocycles. The zero-order chi connectivity index (χ0) is 8.84. The van der Waals surface area contributed by atoms with Gasteiger partial charge in [0.1, 0.15) is 6.26 Å². The van der Waals surface area contributed by atoms with Crippen LogP contribution in [0.15, 0.2) is 34.3 Å². The highest BCUT2D eigenvalue weighted by molar-refractivity contribution is 7.18. The molecule has 0 saturated carbocycles. The fraction of sp³-hybridized carbons (Fsp3) is 0. The van der Waals surface area contributed by atoms with Crippen molar-refractivity contribution < 1.29 is 4.42 Å². The van der Waals surface area contributed by atoms with Crippen LogP contribution in [0.25, 0.3) is 21.1 Å². The summed E-state index contributed by atoms with van der Waals surface area (Å²) in [7, 11) is 0. The molecule has 0 saturated heterocycles. The van der Waals surface area contributed by atoms with Crippen molar-refractivity contribution in [2.24, 2.45) is 0 Å². The summed E-state index contributed by atoms with van der Waals surface area (Å²) in [6.45, 7) is 0. The van der Waals surface area contributed by atoms with E-state index in [-0.39, 0.29) is 0 Å². The van der Waals surface area contributed by atoms with Crippen LogP contribution in [0.2, 0.25) is 0 Å². The fourth-order valence-electron chi connectivity index (χ4n) is 1.54. The van der Waals surface area contributed by atoms with Crippen molar-refractivity contribution in [1.29, 1.82) is 0 Å². The Morgan fingerprint density at radius 2 is 2.15 bits per heavy atom. The monoisotopic (exact) mass is 189 g/mol. The highest BCUT2D eigenvalue weighted by Crippen LogP contribution is 2.33. The Labute approximate surface area is 78.6 Å². The number of benzene rings is 1. The lowest BCUT2D eigenvalue weighted by Gasteiger charge is -1.90. The van der Waals surface area contributed by atoms with E-state index < -0.39 is 0 Å². The maximum absolute atomic E-state index is 5.75. The average molecular weight is 189 g/mol. The molecule has 13 heavy (non-hydrogen) atoms. The smallest absolute Gasteiger partial charge is 0.153 e. The van der Waals surface area contributed by atoms with Crippen LogP contribution in [-0.2, 0) is 0 Å². The Balaban J connectivity index is 2.66. The molecule has 0 fully saturated rings. The second-order valence-corrected chi connectivity index (χ2v) is 3.89. The molecule has 0 aliphatic carbocycles. The van der Waals surface area contributed by atoms with Crippen molar-refractivity contribution in [2.75, 3.05) is 5.73 Å². The molecule has 2 aromatic heterocycles. The van der Waals surface area contributed by atoms with E-state index in [4.69, 9.17) is 10.2 Å². The number of hydrogen-bond donors (Lipinski definition) is 1. The SMILES string of the molecule is Nc1coc2c1ccc1ccsc12. The van der Waals surface area contributed by atoms with Gasteiger partial charge in [0.15, 0.2) is 5.58 Å². The molecule has 0 aliphatic rings. The van der Waals surface area contributed by atoms with Crippen molar-refractivity contribution in [3.05, 3.63) is 29.8 Å². The molecule has 0 aliphatic heterocycles. The Kier molecular flexibility index (Phi) is 1.21. The van der Waals surface area contributed by atoms with Gasteiger partial charge in [0.25, 0.3) is 0 Å². The molecule has 2 heterocycles. The van der Waals surface area contributed by atoms with E-state index in [0.29, 0.717) is 5.69 Å². The number of furan rings is 1. The van der Waals surface area contributed by atoms with E-state index in [9.17, 15) is 0 Å². The van der Waals surface area contributed by atoms with Crippen molar-refractivity contribution in [1.82, 2.24) is 0 Å². The minimum atomic E-state index is 0.713. The van der Waals surface area contributed by atoms with Crippen LogP contribution in [-0.4, -0.2) is 0 Å². The summed E-state index contributed by atoms with van der Waals surface area (Å²) in [6, 6.07) is 6.15. The zero-order valence-corrected chi connectivity index (χ0v) is 7.60. The standard InChI is InChI=1S/C10H7NOS/c11-8-5-12-9-7(8)2-1-6-3-4-13-10(6)9/h1-5H,11H2. The molecule has 3 rings (SSSR count). The first-order chi connectivity index (χ1) is 6.36. The molecule has 0 unspecified atom stereocenters. The van der Waals surface area contributed by atoms with Gasteiger partial charge in [0.2, 0.25) is 0 Å². The Hall–Kier alpha value is -1.48. The van der Waals surface area contributed by atoms with Crippen molar-refractivity contribution in [2.45, 2.75) is 0 Å². The first-order valence-electron chi connectivity index (χ1n) is 3.99. The van der Waals surface area contributed by atoms with Crippen LogP contribution in [0.5, 0.6) is 0 Å². The van der Waals surface area contributed by atoms with Gasteiger partial charge in [-0.25, -0.2) is 0 Å². The number of rotatable bonds is 0. The van der Waals surface area contributed by atoms with Crippen LogP contribution in [0, 0.1) is 0 Å². The van der Waals surface area contributed by atoms with Gasteiger partial charge in [-0.15, -0.1) is 11.3 Å². The minimum Gasteiger partial charge on any atom is -0.461 e. The molecule has 0 spiro atoms. The highest BCUT2D eigenvalue weighted by atomic mass is 32.1. The largest absolute Gasteiger partial charge is 0.461 e. The third-order valence-corrected chi connectivity index (χ3v) is 3.12. The highest BCUT2D eigenvalue weighted by Gasteiger charge is 2.07. The second kappa shape index (κ2) is 2.26. The lowest BCUT2D eigenvalue weighted by molar-refractivity contribution is 0.621. The Bertz CT molecular complexity index is 579. The molecule has 0 amide bonds. The van der Waals surface area contributed by atoms with E-state index >= 15 is 0 Å². The van der Waals surface area contributed by atoms with Crippen LogP contribution < -0.4 is 5.73 Å². The van der Waals surface area contributed by atoms with Gasteiger partial charge in [-0.2, -0.15) is 0 Å². The first-order valence-corrected chi connectivity index (χ1v) is 4.87. The first kappa shape index (κ1) is 6.97. The van der Waals surface area contributed by atoms with Crippen LogP contribution in [0.4, 0.5) is 5.69 Å². The normalized spacial score (nSPS) is 11.4. The lowest BCUT2D eigenvalue weighted by Crippen LogP contribution is -1.79. The van der Waals surface area contributed by atoms with E-state index in [1.54, 1.807) is 17.6 Å². The summed E-state index contributed by atoms with van der Waals surface area (Å²) in [5.74, 6) is 0. The van der Waals surface area contributed by atoms with Crippen molar-refractivity contribution >= 4 is 38.1 Å². The number of fused-ring (bicyclic) bond motifs is 3. The van der Waals surface area contributed by atoms with Gasteiger partial charge >= 0.3 is 0 Å². The van der Waals surface area contributed by atoms with E-state index in [0.717, 1.165) is 11.0 Å². The molecule has 3 heteroatoms. The van der Waals surface area contributed by atoms with Gasteiger partial charge in [0, 0.05) is 5.39 Å². The maximum atomic E-state index is 5.75. The van der Waals surface area contributed by atoms with Crippen LogP contribution >= 0.6 is 11.3 Å². The van der Waals surface area contributed by atoms with Crippen molar-refractivity contribution in [3.63, 3.8) is 0 Å². The average Bonchev–Trinajstić information content (AvgIpc) is 2.70. The summed E-state index contributed by atoms with van der Waals surface area (Å²) in [5, 5.41) is 4.28. The van der Waals surface area contributed by atoms with E-state index in [1.165, 1.54) is 10.1 Å². The molecular weight excluding hydrogens is 182 g/mol. The fourth-order valence-corrected chi connectivity index (χ4v) is 2.42. The molecular formula is C10H7NOS. The summed E-state index contributed by atoms with van der Waals surface area (Å²) in [4.78, 5) is 0. The van der Waals surface area contributed by atoms with Gasteiger partial charge < -0.3 is 10.2 Å². The summed E-state index contributed by atoms with van der Waals surface area (Å²) >= 11 is 1.68. The molecule has 0 atom stereocenters. The minimum absolute atomic E-state index is 0.713. The van der Waals surface area contributed by atoms with Gasteiger partial charge in [-0.1, -0.05) is 6.07 Å². The predicted octanol–water partition coefficient (Wildman–Crippen LogP) is 3.23. The number of hydrogen-bond acceptors (Lipinski definition) is 3. The topological polar surface area (TPSA) is 39.2 Å². The molecule has 0 bridgehead atoms. The summed E-state index contributed by atoms with van der Waals surface area (Å²) in [5.41, 5.74) is 7.37. The summed E-state index contributed by atoms with van der Waals surface area (Å²) < 4.78 is 6.58. The number of nitrogens with two attached hydrogens (primary N) is 1. The second-order valence-electron chi connectivity index (χ2n) is 2.97. The maximum Gasteiger partial charge on any atom is 0.153 e. The Morgan fingerprint density at radius 1 is 1.23 bits per heavy atom. The van der Waals surface area contributed by atoms with Crippen LogP contribution in [0.1, 0.15) is 0 Å². The third-order valence-electron chi connectivity index (χ3n) is 2.19.